The molecule has 0 bridgehead atoms. The zero-order chi connectivity index (χ0) is 18.2. The Hall–Kier alpha value is -2.60. The van der Waals surface area contributed by atoms with Gasteiger partial charge in [-0.3, -0.25) is 4.79 Å². The number of hydrogen-bond acceptors (Lipinski definition) is 5. The topological polar surface area (TPSA) is 62.9 Å². The van der Waals surface area contributed by atoms with Crippen LogP contribution in [0.5, 0.6) is 0 Å². The van der Waals surface area contributed by atoms with Crippen molar-refractivity contribution in [1.82, 2.24) is 4.90 Å². The van der Waals surface area contributed by atoms with E-state index in [9.17, 15) is 9.70 Å². The van der Waals surface area contributed by atoms with Crippen molar-refractivity contribution in [2.24, 2.45) is 11.1 Å². The Morgan fingerprint density at radius 2 is 2.15 bits per heavy atom. The van der Waals surface area contributed by atoms with Crippen molar-refractivity contribution < 1.29 is 14.1 Å². The number of nitroso groups, excluding NO2 is 1. The third-order valence-corrected chi connectivity index (χ3v) is 4.75. The minimum Gasteiger partial charge on any atom is -0.323 e. The van der Waals surface area contributed by atoms with Gasteiger partial charge in [0.05, 0.1) is 17.5 Å². The van der Waals surface area contributed by atoms with Gasteiger partial charge in [-0.15, -0.1) is 4.91 Å². The minimum atomic E-state index is 0.161. The summed E-state index contributed by atoms with van der Waals surface area (Å²) in [5.41, 5.74) is 1.42. The van der Waals surface area contributed by atoms with Crippen LogP contribution in [0.25, 0.3) is 0 Å². The number of ether oxygens (including phenoxy) is 1. The zero-order valence-corrected chi connectivity index (χ0v) is 14.8. The van der Waals surface area contributed by atoms with Gasteiger partial charge in [0.2, 0.25) is 0 Å². The molecular formula is C20H24N3O3+. The first-order chi connectivity index (χ1) is 12.8. The van der Waals surface area contributed by atoms with Gasteiger partial charge in [-0.25, -0.2) is 0 Å². The first-order valence-electron chi connectivity index (χ1n) is 9.03. The lowest BCUT2D eigenvalue weighted by molar-refractivity contribution is -0.733. The van der Waals surface area contributed by atoms with Crippen molar-refractivity contribution in [2.75, 3.05) is 6.73 Å². The SMILES string of the molecule is O=N/C=C1\C=CC=CN1COC[n+]1cccc(C(=O)C2CCCCC2)c1. The number of carbonyl (C=O) groups excluding carboxylic acids is 1. The number of nitrogens with zero attached hydrogens (tertiary/aromatic N) is 3. The lowest BCUT2D eigenvalue weighted by Crippen LogP contribution is -2.37. The largest absolute Gasteiger partial charge is 0.323 e. The first-order valence-corrected chi connectivity index (χ1v) is 9.03. The smallest absolute Gasteiger partial charge is 0.254 e. The van der Waals surface area contributed by atoms with E-state index >= 15 is 0 Å². The molecule has 0 atom stereocenters. The van der Waals surface area contributed by atoms with E-state index in [0.717, 1.165) is 31.2 Å². The maximum atomic E-state index is 12.7. The fourth-order valence-corrected chi connectivity index (χ4v) is 3.37. The van der Waals surface area contributed by atoms with Gasteiger partial charge in [-0.05, 0) is 36.2 Å². The van der Waals surface area contributed by atoms with Crippen LogP contribution in [0.3, 0.4) is 0 Å². The minimum absolute atomic E-state index is 0.161. The van der Waals surface area contributed by atoms with E-state index in [1.165, 1.54) is 12.6 Å². The summed E-state index contributed by atoms with van der Waals surface area (Å²) in [5.74, 6) is 0.403. The molecule has 1 aliphatic heterocycles. The molecule has 136 valence electrons. The van der Waals surface area contributed by atoms with Crippen LogP contribution in [-0.4, -0.2) is 17.4 Å². The number of hydrogen-bond donors (Lipinski definition) is 0. The van der Waals surface area contributed by atoms with E-state index in [1.807, 2.05) is 47.4 Å². The van der Waals surface area contributed by atoms with E-state index in [0.29, 0.717) is 12.4 Å². The maximum Gasteiger partial charge on any atom is 0.254 e. The summed E-state index contributed by atoms with van der Waals surface area (Å²) in [6, 6.07) is 3.76. The number of ketones is 1. The predicted molar refractivity (Wildman–Crippen MR) is 97.5 cm³/mol. The number of pyridine rings is 1. The quantitative estimate of drug-likeness (QED) is 0.426. The van der Waals surface area contributed by atoms with Crippen LogP contribution in [0.15, 0.2) is 66.0 Å². The van der Waals surface area contributed by atoms with E-state index in [1.54, 1.807) is 11.0 Å². The van der Waals surface area contributed by atoms with Gasteiger partial charge >= 0.3 is 0 Å². The molecule has 0 unspecified atom stereocenters. The van der Waals surface area contributed by atoms with Crippen LogP contribution < -0.4 is 4.57 Å². The van der Waals surface area contributed by atoms with Crippen LogP contribution in [0.4, 0.5) is 0 Å². The summed E-state index contributed by atoms with van der Waals surface area (Å²) >= 11 is 0. The molecule has 6 nitrogen and oxygen atoms in total. The van der Waals surface area contributed by atoms with Crippen LogP contribution in [0.2, 0.25) is 0 Å². The molecule has 0 saturated heterocycles. The van der Waals surface area contributed by atoms with Crippen LogP contribution in [0.1, 0.15) is 42.5 Å². The van der Waals surface area contributed by atoms with Crippen molar-refractivity contribution in [1.29, 1.82) is 0 Å². The Labute approximate surface area is 153 Å². The highest BCUT2D eigenvalue weighted by atomic mass is 16.5. The highest BCUT2D eigenvalue weighted by Gasteiger charge is 2.24. The molecule has 1 fully saturated rings. The predicted octanol–water partition coefficient (Wildman–Crippen LogP) is 3.66. The number of carbonyl (C=O) groups is 1. The summed E-state index contributed by atoms with van der Waals surface area (Å²) in [6.07, 6.45) is 17.8. The molecule has 2 aliphatic rings. The second-order valence-electron chi connectivity index (χ2n) is 6.60. The summed E-state index contributed by atoms with van der Waals surface area (Å²) < 4.78 is 7.59. The summed E-state index contributed by atoms with van der Waals surface area (Å²) in [5, 5.41) is 2.81. The molecule has 0 aromatic carbocycles. The third kappa shape index (κ3) is 4.73. The van der Waals surface area contributed by atoms with Crippen LogP contribution in [-0.2, 0) is 11.5 Å². The van der Waals surface area contributed by atoms with Crippen molar-refractivity contribution in [2.45, 2.75) is 38.8 Å². The van der Waals surface area contributed by atoms with Crippen molar-refractivity contribution >= 4 is 5.78 Å². The number of aromatic nitrogens is 1. The lowest BCUT2D eigenvalue weighted by atomic mass is 9.84. The van der Waals surface area contributed by atoms with E-state index in [2.05, 4.69) is 5.18 Å². The molecule has 3 rings (SSSR count). The maximum absolute atomic E-state index is 12.7. The molecule has 6 heteroatoms. The molecule has 0 spiro atoms. The van der Waals surface area contributed by atoms with Crippen molar-refractivity contribution in [3.63, 3.8) is 0 Å². The van der Waals surface area contributed by atoms with Gasteiger partial charge in [-0.1, -0.05) is 25.3 Å². The van der Waals surface area contributed by atoms with E-state index < -0.39 is 0 Å². The van der Waals surface area contributed by atoms with Gasteiger partial charge in [0.25, 0.3) is 6.73 Å². The van der Waals surface area contributed by atoms with Gasteiger partial charge < -0.3 is 9.64 Å². The Morgan fingerprint density at radius 3 is 2.96 bits per heavy atom. The molecule has 0 amide bonds. The van der Waals surface area contributed by atoms with Crippen molar-refractivity contribution in [3.05, 3.63) is 71.3 Å². The molecule has 26 heavy (non-hydrogen) atoms. The molecule has 2 heterocycles. The second-order valence-corrected chi connectivity index (χ2v) is 6.60. The first kappa shape index (κ1) is 18.2. The van der Waals surface area contributed by atoms with Gasteiger partial charge in [-0.2, -0.15) is 4.57 Å². The Kier molecular flexibility index (Phi) is 6.44. The molecule has 0 N–H and O–H groups in total. The summed E-state index contributed by atoms with van der Waals surface area (Å²) in [6.45, 7) is 0.609. The molecule has 1 aliphatic carbocycles. The van der Waals surface area contributed by atoms with Gasteiger partial charge in [0.1, 0.15) is 6.73 Å². The number of Topliss-reactive ketones (excluding diaryl/α,β-unsaturated/α-hetero) is 1. The monoisotopic (exact) mass is 354 g/mol. The molecule has 1 aromatic heterocycles. The molecular weight excluding hydrogens is 330 g/mol. The second kappa shape index (κ2) is 9.20. The normalized spacial score (nSPS) is 19.1. The van der Waals surface area contributed by atoms with Gasteiger partial charge in [0, 0.05) is 18.2 Å². The Bertz CT molecular complexity index is 734. The standard InChI is InChI=1S/C20H24N3O3/c24-20(17-7-2-1-3-8-17)18-9-6-11-22(14-18)15-26-16-23-12-5-4-10-19(23)13-21-25/h4-6,9-14,17H,1-3,7-8,15-16H2/q+1/b19-13+. The fraction of sp³-hybridized carbons (Fsp3) is 0.400. The molecule has 1 saturated carbocycles. The van der Waals surface area contributed by atoms with E-state index in [4.69, 9.17) is 4.74 Å². The highest BCUT2D eigenvalue weighted by Crippen LogP contribution is 2.26. The average molecular weight is 354 g/mol. The zero-order valence-electron chi connectivity index (χ0n) is 14.8. The number of allylic oxidation sites excluding steroid dienone is 3. The third-order valence-electron chi connectivity index (χ3n) is 4.75. The number of rotatable bonds is 7. The highest BCUT2D eigenvalue weighted by molar-refractivity contribution is 5.97. The van der Waals surface area contributed by atoms with Gasteiger partial charge in [0.15, 0.2) is 18.2 Å². The van der Waals surface area contributed by atoms with E-state index in [-0.39, 0.29) is 18.4 Å². The molecule has 0 radical (unpaired) electrons. The Balaban J connectivity index is 1.56. The average Bonchev–Trinajstić information content (AvgIpc) is 2.70. The molecule has 1 aromatic rings. The van der Waals surface area contributed by atoms with Crippen molar-refractivity contribution in [3.8, 4) is 0 Å². The van der Waals surface area contributed by atoms with Crippen LogP contribution >= 0.6 is 0 Å². The summed E-state index contributed by atoms with van der Waals surface area (Å²) in [7, 11) is 0. The fourth-order valence-electron chi connectivity index (χ4n) is 3.37. The Morgan fingerprint density at radius 1 is 1.31 bits per heavy atom. The lowest BCUT2D eigenvalue weighted by Gasteiger charge is -2.21. The van der Waals surface area contributed by atoms with Crippen LogP contribution in [0, 0.1) is 10.8 Å². The summed E-state index contributed by atoms with van der Waals surface area (Å²) in [4.78, 5) is 24.9.